The number of anilines is 1. The van der Waals surface area contributed by atoms with E-state index in [9.17, 15) is 13.2 Å². The van der Waals surface area contributed by atoms with Crippen LogP contribution < -0.4 is 44.3 Å². The topological polar surface area (TPSA) is 107 Å². The van der Waals surface area contributed by atoms with Crippen LogP contribution >= 0.6 is 0 Å². The van der Waals surface area contributed by atoms with Gasteiger partial charge in [-0.05, 0) is 55.9 Å². The summed E-state index contributed by atoms with van der Waals surface area (Å²) in [5.41, 5.74) is 4.40. The molecule has 0 bridgehead atoms. The first-order valence-electron chi connectivity index (χ1n) is 9.87. The fourth-order valence-electron chi connectivity index (χ4n) is 3.46. The summed E-state index contributed by atoms with van der Waals surface area (Å²) in [6, 6.07) is 6.79. The number of fused-ring (bicyclic) bond motifs is 1. The van der Waals surface area contributed by atoms with E-state index in [1.807, 2.05) is 32.0 Å². The minimum Gasteiger partial charge on any atom is -1.00 e. The quantitative estimate of drug-likeness (QED) is 0.550. The maximum atomic E-state index is 12.6. The van der Waals surface area contributed by atoms with E-state index < -0.39 is 16.1 Å². The van der Waals surface area contributed by atoms with E-state index in [0.717, 1.165) is 41.5 Å². The number of pyridine rings is 1. The SMILES string of the molecule is COc1cc(-c2ccc3c(c2NC(=O)NS(=O)(=O)CCOC(C)C)CCC3)ccn1.[H-].[Na+]. The largest absolute Gasteiger partial charge is 1.00 e. The Balaban J connectivity index is 0.00000256. The number of nitrogens with zero attached hydrogens (tertiary/aromatic N) is 1. The third-order valence-corrected chi connectivity index (χ3v) is 6.03. The van der Waals surface area contributed by atoms with Crippen molar-refractivity contribution in [1.29, 1.82) is 0 Å². The first-order valence-corrected chi connectivity index (χ1v) is 11.5. The molecule has 0 radical (unpaired) electrons. The molecule has 0 unspecified atom stereocenters. The molecule has 0 fully saturated rings. The monoisotopic (exact) mass is 457 g/mol. The van der Waals surface area contributed by atoms with Gasteiger partial charge < -0.3 is 16.2 Å². The molecule has 1 heterocycles. The van der Waals surface area contributed by atoms with E-state index >= 15 is 0 Å². The molecular weight excluding hydrogens is 429 g/mol. The van der Waals surface area contributed by atoms with Gasteiger partial charge in [0.05, 0.1) is 31.3 Å². The summed E-state index contributed by atoms with van der Waals surface area (Å²) >= 11 is 0. The van der Waals surface area contributed by atoms with Crippen molar-refractivity contribution in [2.75, 3.05) is 24.8 Å². The first kappa shape index (κ1) is 25.6. The fourth-order valence-corrected chi connectivity index (χ4v) is 4.21. The van der Waals surface area contributed by atoms with Gasteiger partial charge in [0.2, 0.25) is 15.9 Å². The van der Waals surface area contributed by atoms with Gasteiger partial charge in [0.15, 0.2) is 0 Å². The number of benzene rings is 1. The molecule has 1 aliphatic rings. The molecule has 2 aromatic rings. The third-order valence-electron chi connectivity index (χ3n) is 4.83. The van der Waals surface area contributed by atoms with Crippen LogP contribution in [0.3, 0.4) is 0 Å². The first-order chi connectivity index (χ1) is 14.3. The molecule has 1 aromatic heterocycles. The van der Waals surface area contributed by atoms with E-state index in [4.69, 9.17) is 9.47 Å². The van der Waals surface area contributed by atoms with E-state index in [1.54, 1.807) is 12.3 Å². The van der Waals surface area contributed by atoms with Crippen LogP contribution in [0.2, 0.25) is 0 Å². The van der Waals surface area contributed by atoms with Gasteiger partial charge in [0.1, 0.15) is 0 Å². The second-order valence-electron chi connectivity index (χ2n) is 7.36. The molecule has 164 valence electrons. The number of carbonyl (C=O) groups is 1. The molecule has 0 spiro atoms. The van der Waals surface area contributed by atoms with Gasteiger partial charge in [-0.2, -0.15) is 0 Å². The molecular formula is C21H28N3NaO5S. The summed E-state index contributed by atoms with van der Waals surface area (Å²) in [5.74, 6) is 0.163. The zero-order valence-electron chi connectivity index (χ0n) is 19.4. The summed E-state index contributed by atoms with van der Waals surface area (Å²) in [4.78, 5) is 16.7. The van der Waals surface area contributed by atoms with Crippen molar-refractivity contribution >= 4 is 21.7 Å². The number of ether oxygens (including phenoxy) is 2. The number of aryl methyl sites for hydroxylation is 1. The smallest absolute Gasteiger partial charge is 1.00 e. The second kappa shape index (κ2) is 11.3. The van der Waals surface area contributed by atoms with Crippen molar-refractivity contribution in [2.45, 2.75) is 39.2 Å². The second-order valence-corrected chi connectivity index (χ2v) is 9.20. The van der Waals surface area contributed by atoms with Crippen LogP contribution in [0.5, 0.6) is 5.88 Å². The normalized spacial score (nSPS) is 12.8. The van der Waals surface area contributed by atoms with Crippen molar-refractivity contribution in [2.24, 2.45) is 0 Å². The van der Waals surface area contributed by atoms with E-state index in [2.05, 4.69) is 15.0 Å². The Morgan fingerprint density at radius 3 is 2.74 bits per heavy atom. The molecule has 1 aromatic carbocycles. The predicted molar refractivity (Wildman–Crippen MR) is 116 cm³/mol. The number of hydrogen-bond donors (Lipinski definition) is 2. The molecule has 2 N–H and O–H groups in total. The molecule has 3 rings (SSSR count). The molecule has 0 atom stereocenters. The number of methoxy groups -OCH3 is 1. The van der Waals surface area contributed by atoms with Crippen LogP contribution in [0.1, 0.15) is 32.8 Å². The van der Waals surface area contributed by atoms with Gasteiger partial charge in [0, 0.05) is 17.8 Å². The molecule has 2 amide bonds. The Bertz CT molecular complexity index is 1030. The van der Waals surface area contributed by atoms with Crippen LogP contribution in [-0.4, -0.2) is 45.0 Å². The van der Waals surface area contributed by atoms with Crippen molar-refractivity contribution in [3.63, 3.8) is 0 Å². The standard InChI is InChI=1S/C21H27N3O5S.Na.H/c1-14(2)29-11-12-30(26,27)24-21(25)23-20-17-6-4-5-15(17)7-8-18(20)16-9-10-22-19(13-16)28-3;;/h7-10,13-14H,4-6,11-12H2,1-3H3,(H2,23,24,25);;/q;+1;-1. The van der Waals surface area contributed by atoms with Crippen molar-refractivity contribution < 1.29 is 53.7 Å². The Morgan fingerprint density at radius 1 is 1.26 bits per heavy atom. The molecule has 1 aliphatic carbocycles. The Labute approximate surface area is 206 Å². The third kappa shape index (κ3) is 6.92. The van der Waals surface area contributed by atoms with Crippen LogP contribution in [-0.2, 0) is 27.6 Å². The van der Waals surface area contributed by atoms with Gasteiger partial charge in [0.25, 0.3) is 0 Å². The van der Waals surface area contributed by atoms with E-state index in [-0.39, 0.29) is 49.4 Å². The summed E-state index contributed by atoms with van der Waals surface area (Å²) in [5, 5.41) is 2.77. The molecule has 0 saturated heterocycles. The maximum Gasteiger partial charge on any atom is 1.00 e. The maximum absolute atomic E-state index is 12.6. The van der Waals surface area contributed by atoms with Crippen LogP contribution in [0.15, 0.2) is 30.5 Å². The zero-order valence-corrected chi connectivity index (χ0v) is 21.2. The number of rotatable bonds is 8. The number of amides is 2. The molecule has 31 heavy (non-hydrogen) atoms. The molecule has 0 saturated carbocycles. The van der Waals surface area contributed by atoms with Crippen molar-refractivity contribution in [3.8, 4) is 17.0 Å². The van der Waals surface area contributed by atoms with Gasteiger partial charge in [-0.3, -0.25) is 0 Å². The van der Waals surface area contributed by atoms with Gasteiger partial charge >= 0.3 is 35.6 Å². The van der Waals surface area contributed by atoms with Crippen molar-refractivity contribution in [3.05, 3.63) is 41.6 Å². The number of sulfonamides is 1. The Kier molecular flexibility index (Phi) is 9.32. The summed E-state index contributed by atoms with van der Waals surface area (Å²) in [7, 11) is -2.28. The molecule has 8 nitrogen and oxygen atoms in total. The minimum absolute atomic E-state index is 0. The minimum atomic E-state index is -3.82. The van der Waals surface area contributed by atoms with E-state index in [1.165, 1.54) is 7.11 Å². The Hall–Kier alpha value is -1.65. The molecule has 10 heteroatoms. The number of urea groups is 1. The van der Waals surface area contributed by atoms with Crippen LogP contribution in [0.4, 0.5) is 10.5 Å². The average Bonchev–Trinajstić information content (AvgIpc) is 3.16. The number of carbonyl (C=O) groups excluding carboxylic acids is 1. The summed E-state index contributed by atoms with van der Waals surface area (Å²) < 4.78 is 37.0. The number of nitrogens with one attached hydrogen (secondary N) is 2. The summed E-state index contributed by atoms with van der Waals surface area (Å²) in [6.45, 7) is 3.65. The van der Waals surface area contributed by atoms with Gasteiger partial charge in [-0.25, -0.2) is 22.9 Å². The average molecular weight is 458 g/mol. The van der Waals surface area contributed by atoms with Gasteiger partial charge in [-0.15, -0.1) is 0 Å². The Morgan fingerprint density at radius 2 is 2.03 bits per heavy atom. The number of hydrogen-bond acceptors (Lipinski definition) is 6. The number of aromatic nitrogens is 1. The van der Waals surface area contributed by atoms with Gasteiger partial charge in [-0.1, -0.05) is 12.1 Å². The molecule has 0 aliphatic heterocycles. The van der Waals surface area contributed by atoms with Crippen LogP contribution in [0.25, 0.3) is 11.1 Å². The predicted octanol–water partition coefficient (Wildman–Crippen LogP) is 0.239. The van der Waals surface area contributed by atoms with E-state index in [0.29, 0.717) is 11.6 Å². The van der Waals surface area contributed by atoms with Crippen molar-refractivity contribution in [1.82, 2.24) is 9.71 Å². The zero-order chi connectivity index (χ0) is 21.7. The van der Waals surface area contributed by atoms with Crippen LogP contribution in [0, 0.1) is 0 Å². The fraction of sp³-hybridized carbons (Fsp3) is 0.429. The summed E-state index contributed by atoms with van der Waals surface area (Å²) in [6.07, 6.45) is 4.28.